The monoisotopic (exact) mass is 711 g/mol. The third-order valence-electron chi connectivity index (χ3n) is 9.22. The number of Topliss-reactive ketones (excluding diaryl/α,β-unsaturated/α-hetero) is 1. The zero-order valence-corrected chi connectivity index (χ0v) is 31.5. The Morgan fingerprint density at radius 1 is 0.882 bits per heavy atom. The zero-order valence-electron chi connectivity index (χ0n) is 31.5. The smallest absolute Gasteiger partial charge is 0.315 e. The first-order chi connectivity index (χ1) is 23.8. The molecule has 0 aromatic heterocycles. The van der Waals surface area contributed by atoms with E-state index in [4.69, 9.17) is 0 Å². The molecule has 1 heterocycles. The molecule has 3 rings (SSSR count). The van der Waals surface area contributed by atoms with Gasteiger partial charge in [-0.2, -0.15) is 0 Å². The standard InChI is InChI=1S/C37H57N7O7/c1-21(2)25-17-18-44(35(50)28(22(3)4)41-36(51)42-37(5,6)7)30(25)32(47)39-26(19-23-15-16-23)31(46)33(48)38-20-27(45)40-29(34(49)43(8)9)24-13-11-10-12-14-24/h10-14,21-23,25-26,28-30H,15-20H2,1-9H3,(H,38,48)(H,39,47)(H,40,45)(H2,41,42,51)/t25-,26?,28+,29?,30?/m1/s1. The van der Waals surface area contributed by atoms with Crippen LogP contribution in [-0.4, -0.2) is 102 Å². The van der Waals surface area contributed by atoms with Gasteiger partial charge in [-0.15, -0.1) is 0 Å². The maximum atomic E-state index is 14.1. The van der Waals surface area contributed by atoms with E-state index in [9.17, 15) is 33.6 Å². The van der Waals surface area contributed by atoms with Crippen LogP contribution in [0.25, 0.3) is 0 Å². The first-order valence-electron chi connectivity index (χ1n) is 17.9. The van der Waals surface area contributed by atoms with Crippen LogP contribution in [0.15, 0.2) is 30.3 Å². The second-order valence-electron chi connectivity index (χ2n) is 15.7. The Bertz CT molecular complexity index is 1440. The number of nitrogens with zero attached hydrogens (tertiary/aromatic N) is 2. The maximum absolute atomic E-state index is 14.1. The Labute approximate surface area is 301 Å². The van der Waals surface area contributed by atoms with E-state index in [0.29, 0.717) is 18.5 Å². The fourth-order valence-electron chi connectivity index (χ4n) is 6.29. The van der Waals surface area contributed by atoms with Crippen LogP contribution in [0, 0.1) is 23.7 Å². The number of urea groups is 1. The van der Waals surface area contributed by atoms with Gasteiger partial charge in [0, 0.05) is 26.2 Å². The molecule has 1 saturated heterocycles. The van der Waals surface area contributed by atoms with E-state index in [1.807, 2.05) is 48.5 Å². The second-order valence-corrected chi connectivity index (χ2v) is 15.7. The van der Waals surface area contributed by atoms with Gasteiger partial charge in [-0.1, -0.05) is 70.9 Å². The molecule has 14 heteroatoms. The number of rotatable bonds is 15. The minimum absolute atomic E-state index is 0.0201. The molecule has 7 amide bonds. The van der Waals surface area contributed by atoms with Crippen LogP contribution in [0.3, 0.4) is 0 Å². The second kappa shape index (κ2) is 17.6. The predicted octanol–water partition coefficient (Wildman–Crippen LogP) is 1.90. The van der Waals surface area contributed by atoms with Crippen LogP contribution in [0.2, 0.25) is 0 Å². The summed E-state index contributed by atoms with van der Waals surface area (Å²) in [5.74, 6) is -4.25. The van der Waals surface area contributed by atoms with Gasteiger partial charge in [-0.25, -0.2) is 4.79 Å². The van der Waals surface area contributed by atoms with Crippen molar-refractivity contribution in [2.45, 2.75) is 104 Å². The first kappa shape index (κ1) is 40.9. The van der Waals surface area contributed by atoms with Gasteiger partial charge in [-0.05, 0) is 62.8 Å². The Morgan fingerprint density at radius 2 is 1.51 bits per heavy atom. The van der Waals surface area contributed by atoms with Crippen LogP contribution >= 0.6 is 0 Å². The molecule has 282 valence electrons. The van der Waals surface area contributed by atoms with Crippen molar-refractivity contribution in [2.24, 2.45) is 23.7 Å². The van der Waals surface area contributed by atoms with Crippen molar-refractivity contribution in [3.05, 3.63) is 35.9 Å². The predicted molar refractivity (Wildman–Crippen MR) is 192 cm³/mol. The van der Waals surface area contributed by atoms with Crippen molar-refractivity contribution in [1.29, 1.82) is 0 Å². The highest BCUT2D eigenvalue weighted by atomic mass is 16.2. The van der Waals surface area contributed by atoms with Gasteiger partial charge in [0.15, 0.2) is 0 Å². The number of ketones is 1. The molecular weight excluding hydrogens is 654 g/mol. The van der Waals surface area contributed by atoms with Crippen LogP contribution in [0.1, 0.15) is 85.8 Å². The van der Waals surface area contributed by atoms with Crippen LogP contribution in [0.4, 0.5) is 4.79 Å². The molecular formula is C37H57N7O7. The van der Waals surface area contributed by atoms with E-state index in [0.717, 1.165) is 12.8 Å². The summed E-state index contributed by atoms with van der Waals surface area (Å²) in [5.41, 5.74) is 0.0320. The maximum Gasteiger partial charge on any atom is 0.315 e. The fourth-order valence-corrected chi connectivity index (χ4v) is 6.29. The Hall–Kier alpha value is -4.49. The highest BCUT2D eigenvalue weighted by molar-refractivity contribution is 6.38. The summed E-state index contributed by atoms with van der Waals surface area (Å²) in [6.07, 6.45) is 2.50. The quantitative estimate of drug-likeness (QED) is 0.172. The minimum atomic E-state index is -1.16. The average molecular weight is 712 g/mol. The number of carbonyl (C=O) groups is 7. The fraction of sp³-hybridized carbons (Fsp3) is 0.649. The van der Waals surface area contributed by atoms with Crippen molar-refractivity contribution in [2.75, 3.05) is 27.2 Å². The largest absolute Gasteiger partial charge is 0.347 e. The van der Waals surface area contributed by atoms with E-state index in [-0.39, 0.29) is 36.0 Å². The van der Waals surface area contributed by atoms with Gasteiger partial charge in [-0.3, -0.25) is 28.8 Å². The summed E-state index contributed by atoms with van der Waals surface area (Å²) in [7, 11) is 3.13. The lowest BCUT2D eigenvalue weighted by Crippen LogP contribution is -2.60. The highest BCUT2D eigenvalue weighted by Gasteiger charge is 2.46. The molecule has 1 aliphatic carbocycles. The van der Waals surface area contributed by atoms with Gasteiger partial charge in [0.2, 0.25) is 29.4 Å². The van der Waals surface area contributed by atoms with E-state index in [1.54, 1.807) is 44.4 Å². The molecule has 51 heavy (non-hydrogen) atoms. The van der Waals surface area contributed by atoms with E-state index < -0.39 is 71.7 Å². The molecule has 1 saturated carbocycles. The number of likely N-dealkylation sites (N-methyl/N-ethyl adjacent to an activating group) is 1. The molecule has 0 radical (unpaired) electrons. The zero-order chi connectivity index (χ0) is 38.2. The average Bonchev–Trinajstić information content (AvgIpc) is 3.75. The Kier molecular flexibility index (Phi) is 14.2. The first-order valence-corrected chi connectivity index (χ1v) is 17.9. The van der Waals surface area contributed by atoms with Crippen LogP contribution in [0.5, 0.6) is 0 Å². The summed E-state index contributed by atoms with van der Waals surface area (Å²) in [6, 6.07) is 4.19. The Balaban J connectivity index is 1.73. The molecule has 5 N–H and O–H groups in total. The molecule has 1 aromatic rings. The van der Waals surface area contributed by atoms with Crippen molar-refractivity contribution in [3.63, 3.8) is 0 Å². The van der Waals surface area contributed by atoms with Crippen LogP contribution in [-0.2, 0) is 28.8 Å². The van der Waals surface area contributed by atoms with E-state index in [1.165, 1.54) is 9.80 Å². The molecule has 1 aliphatic heterocycles. The lowest BCUT2D eigenvalue weighted by atomic mass is 9.87. The minimum Gasteiger partial charge on any atom is -0.347 e. The molecule has 0 bridgehead atoms. The van der Waals surface area contributed by atoms with Gasteiger partial charge < -0.3 is 36.4 Å². The highest BCUT2D eigenvalue weighted by Crippen LogP contribution is 2.35. The van der Waals surface area contributed by atoms with Crippen molar-refractivity contribution >= 4 is 41.4 Å². The number of hydrogen-bond acceptors (Lipinski definition) is 7. The summed E-state index contributed by atoms with van der Waals surface area (Å²) in [4.78, 5) is 96.0. The Morgan fingerprint density at radius 3 is 2.04 bits per heavy atom. The van der Waals surface area contributed by atoms with E-state index in [2.05, 4.69) is 26.6 Å². The molecule has 2 fully saturated rings. The number of hydrogen-bond donors (Lipinski definition) is 5. The van der Waals surface area contributed by atoms with Crippen molar-refractivity contribution < 1.29 is 33.6 Å². The number of nitrogens with one attached hydrogen (secondary N) is 5. The summed E-state index contributed by atoms with van der Waals surface area (Å²) in [5, 5.41) is 13.4. The third kappa shape index (κ3) is 11.8. The summed E-state index contributed by atoms with van der Waals surface area (Å²) < 4.78 is 0. The molecule has 0 spiro atoms. The normalized spacial score (nSPS) is 19.1. The molecule has 5 atom stereocenters. The SMILES string of the molecule is CC(C)[C@H]1CCN(C(=O)[C@@H](NC(=O)NC(C)(C)C)C(C)C)C1C(=O)NC(CC1CC1)C(=O)C(=O)NCC(=O)NC(C(=O)N(C)C)c1ccccc1. The van der Waals surface area contributed by atoms with Crippen LogP contribution < -0.4 is 26.6 Å². The lowest BCUT2D eigenvalue weighted by molar-refractivity contribution is -0.144. The number of benzene rings is 1. The molecule has 2 aliphatic rings. The van der Waals surface area contributed by atoms with Gasteiger partial charge in [0.25, 0.3) is 5.91 Å². The molecule has 3 unspecified atom stereocenters. The van der Waals surface area contributed by atoms with Gasteiger partial charge >= 0.3 is 6.03 Å². The number of amides is 7. The van der Waals surface area contributed by atoms with E-state index >= 15 is 0 Å². The topological polar surface area (TPSA) is 186 Å². The van der Waals surface area contributed by atoms with Gasteiger partial charge in [0.05, 0.1) is 12.6 Å². The number of carbonyl (C=O) groups excluding carboxylic acids is 7. The molecule has 1 aromatic carbocycles. The summed E-state index contributed by atoms with van der Waals surface area (Å²) >= 11 is 0. The lowest BCUT2D eigenvalue weighted by Gasteiger charge is -2.34. The van der Waals surface area contributed by atoms with Gasteiger partial charge in [0.1, 0.15) is 18.1 Å². The van der Waals surface area contributed by atoms with Crippen molar-refractivity contribution in [1.82, 2.24) is 36.4 Å². The molecule has 14 nitrogen and oxygen atoms in total. The third-order valence-corrected chi connectivity index (χ3v) is 9.22. The summed E-state index contributed by atoms with van der Waals surface area (Å²) in [6.45, 7) is 12.8. The van der Waals surface area contributed by atoms with Crippen molar-refractivity contribution in [3.8, 4) is 0 Å². The number of likely N-dealkylation sites (tertiary alicyclic amines) is 1.